The molecule has 1 atom stereocenters. The number of benzene rings is 1. The van der Waals surface area contributed by atoms with Gasteiger partial charge in [-0.3, -0.25) is 4.84 Å². The van der Waals surface area contributed by atoms with Crippen LogP contribution in [0, 0.1) is 0 Å². The van der Waals surface area contributed by atoms with Crippen molar-refractivity contribution in [3.8, 4) is 5.75 Å². The first-order valence-corrected chi connectivity index (χ1v) is 5.00. The number of alkyl halides is 3. The highest BCUT2D eigenvalue weighted by atomic mass is 19.4. The summed E-state index contributed by atoms with van der Waals surface area (Å²) in [6.45, 7) is 0.381. The van der Waals surface area contributed by atoms with E-state index in [1.54, 1.807) is 31.2 Å². The van der Waals surface area contributed by atoms with E-state index in [0.29, 0.717) is 5.75 Å². The lowest BCUT2D eigenvalue weighted by atomic mass is 10.1. The average molecular weight is 249 g/mol. The van der Waals surface area contributed by atoms with Crippen molar-refractivity contribution in [3.63, 3.8) is 0 Å². The van der Waals surface area contributed by atoms with Crippen LogP contribution in [-0.2, 0) is 4.84 Å². The SMILES string of the molecule is COc1cccc(C(C)NOCC(F)(F)F)c1. The molecule has 0 aliphatic rings. The van der Waals surface area contributed by atoms with Crippen LogP contribution in [0.2, 0.25) is 0 Å². The Hall–Kier alpha value is -1.27. The number of ether oxygens (including phenoxy) is 1. The first-order valence-electron chi connectivity index (χ1n) is 5.00. The van der Waals surface area contributed by atoms with Crippen LogP contribution in [0.1, 0.15) is 18.5 Å². The molecule has 6 heteroatoms. The maximum atomic E-state index is 11.8. The molecule has 96 valence electrons. The van der Waals surface area contributed by atoms with Crippen LogP contribution in [-0.4, -0.2) is 19.9 Å². The van der Waals surface area contributed by atoms with Gasteiger partial charge in [0.25, 0.3) is 0 Å². The lowest BCUT2D eigenvalue weighted by molar-refractivity contribution is -0.192. The lowest BCUT2D eigenvalue weighted by Crippen LogP contribution is -2.26. The molecule has 3 nitrogen and oxygen atoms in total. The first kappa shape index (κ1) is 13.8. The second kappa shape index (κ2) is 5.88. The van der Waals surface area contributed by atoms with Crippen molar-refractivity contribution in [1.29, 1.82) is 0 Å². The third-order valence-electron chi connectivity index (χ3n) is 2.09. The van der Waals surface area contributed by atoms with Crippen LogP contribution >= 0.6 is 0 Å². The van der Waals surface area contributed by atoms with Crippen LogP contribution in [0.4, 0.5) is 13.2 Å². The summed E-state index contributed by atoms with van der Waals surface area (Å²) in [6.07, 6.45) is -4.33. The van der Waals surface area contributed by atoms with E-state index in [0.717, 1.165) is 5.56 Å². The van der Waals surface area contributed by atoms with Crippen LogP contribution in [0.15, 0.2) is 24.3 Å². The van der Waals surface area contributed by atoms with Gasteiger partial charge in [0.05, 0.1) is 13.2 Å². The Bertz CT molecular complexity index is 355. The van der Waals surface area contributed by atoms with E-state index in [9.17, 15) is 13.2 Å². The van der Waals surface area contributed by atoms with Crippen molar-refractivity contribution in [2.24, 2.45) is 0 Å². The molecule has 1 aromatic rings. The third kappa shape index (κ3) is 5.06. The molecular formula is C11H14F3NO2. The van der Waals surface area contributed by atoms with Gasteiger partial charge < -0.3 is 4.74 Å². The molecule has 0 aromatic heterocycles. The minimum absolute atomic E-state index is 0.354. The monoisotopic (exact) mass is 249 g/mol. The molecule has 0 bridgehead atoms. The van der Waals surface area contributed by atoms with E-state index in [2.05, 4.69) is 10.3 Å². The third-order valence-corrected chi connectivity index (χ3v) is 2.09. The summed E-state index contributed by atoms with van der Waals surface area (Å²) in [6, 6.07) is 6.67. The average Bonchev–Trinajstić information content (AvgIpc) is 2.27. The molecule has 1 N–H and O–H groups in total. The Morgan fingerprint density at radius 1 is 1.35 bits per heavy atom. The van der Waals surface area contributed by atoms with Gasteiger partial charge in [-0.15, -0.1) is 0 Å². The fourth-order valence-corrected chi connectivity index (χ4v) is 1.23. The van der Waals surface area contributed by atoms with E-state index >= 15 is 0 Å². The summed E-state index contributed by atoms with van der Waals surface area (Å²) >= 11 is 0. The maximum absolute atomic E-state index is 11.8. The minimum atomic E-state index is -4.33. The standard InChI is InChI=1S/C11H14F3NO2/c1-8(15-17-7-11(12,13)14)9-4-3-5-10(6-9)16-2/h3-6,8,15H,7H2,1-2H3. The molecule has 0 spiro atoms. The van der Waals surface area contributed by atoms with Gasteiger partial charge >= 0.3 is 6.18 Å². The molecule has 17 heavy (non-hydrogen) atoms. The summed E-state index contributed by atoms with van der Waals surface area (Å²) in [7, 11) is 1.53. The molecule has 0 saturated heterocycles. The summed E-state index contributed by atoms with van der Waals surface area (Å²) in [5.74, 6) is 0.645. The highest BCUT2D eigenvalue weighted by Crippen LogP contribution is 2.19. The molecular weight excluding hydrogens is 235 g/mol. The number of halogens is 3. The molecule has 0 radical (unpaired) electrons. The summed E-state index contributed by atoms with van der Waals surface area (Å²) in [5.41, 5.74) is 3.12. The van der Waals surface area contributed by atoms with Crippen molar-refractivity contribution in [2.75, 3.05) is 13.7 Å². The van der Waals surface area contributed by atoms with E-state index in [1.165, 1.54) is 7.11 Å². The van der Waals surface area contributed by atoms with Gasteiger partial charge in [-0.2, -0.15) is 18.7 Å². The molecule has 0 heterocycles. The van der Waals surface area contributed by atoms with Crippen molar-refractivity contribution in [2.45, 2.75) is 19.1 Å². The van der Waals surface area contributed by atoms with Gasteiger partial charge in [0.2, 0.25) is 0 Å². The molecule has 0 fully saturated rings. The van der Waals surface area contributed by atoms with Gasteiger partial charge in [0.1, 0.15) is 5.75 Å². The Kier molecular flexibility index (Phi) is 4.77. The van der Waals surface area contributed by atoms with E-state index in [-0.39, 0.29) is 6.04 Å². The van der Waals surface area contributed by atoms with Gasteiger partial charge in [0.15, 0.2) is 6.61 Å². The Morgan fingerprint density at radius 2 is 2.06 bits per heavy atom. The molecule has 0 aliphatic carbocycles. The largest absolute Gasteiger partial charge is 0.497 e. The Labute approximate surface area is 97.5 Å². The molecule has 1 unspecified atom stereocenters. The van der Waals surface area contributed by atoms with Crippen LogP contribution in [0.25, 0.3) is 0 Å². The number of hydrogen-bond acceptors (Lipinski definition) is 3. The number of rotatable bonds is 5. The van der Waals surface area contributed by atoms with Gasteiger partial charge in [-0.05, 0) is 24.6 Å². The molecule has 1 aromatic carbocycles. The molecule has 0 amide bonds. The van der Waals surface area contributed by atoms with Crippen LogP contribution < -0.4 is 10.2 Å². The first-order chi connectivity index (χ1) is 7.92. The highest BCUT2D eigenvalue weighted by molar-refractivity contribution is 5.29. The zero-order valence-corrected chi connectivity index (χ0v) is 9.54. The number of hydrogen-bond donors (Lipinski definition) is 1. The summed E-state index contributed by atoms with van der Waals surface area (Å²) in [4.78, 5) is 4.37. The van der Waals surface area contributed by atoms with Crippen molar-refractivity contribution >= 4 is 0 Å². The van der Waals surface area contributed by atoms with Crippen molar-refractivity contribution < 1.29 is 22.7 Å². The van der Waals surface area contributed by atoms with Crippen molar-refractivity contribution in [1.82, 2.24) is 5.48 Å². The number of methoxy groups -OCH3 is 1. The Balaban J connectivity index is 2.49. The number of nitrogens with one attached hydrogen (secondary N) is 1. The Morgan fingerprint density at radius 3 is 2.65 bits per heavy atom. The summed E-state index contributed by atoms with van der Waals surface area (Å²) < 4.78 is 40.5. The van der Waals surface area contributed by atoms with Gasteiger partial charge in [0, 0.05) is 0 Å². The predicted octanol–water partition coefficient (Wildman–Crippen LogP) is 2.84. The molecule has 1 rings (SSSR count). The normalized spacial score (nSPS) is 13.5. The smallest absolute Gasteiger partial charge is 0.413 e. The number of hydroxylamine groups is 1. The zero-order chi connectivity index (χ0) is 12.9. The fourth-order valence-electron chi connectivity index (χ4n) is 1.23. The molecule has 0 aliphatic heterocycles. The zero-order valence-electron chi connectivity index (χ0n) is 9.54. The maximum Gasteiger partial charge on any atom is 0.413 e. The van der Waals surface area contributed by atoms with Gasteiger partial charge in [-0.1, -0.05) is 12.1 Å². The second-order valence-electron chi connectivity index (χ2n) is 3.52. The topological polar surface area (TPSA) is 30.5 Å². The van der Waals surface area contributed by atoms with Crippen LogP contribution in [0.3, 0.4) is 0 Å². The van der Waals surface area contributed by atoms with E-state index < -0.39 is 12.8 Å². The highest BCUT2D eigenvalue weighted by Gasteiger charge is 2.28. The fraction of sp³-hybridized carbons (Fsp3) is 0.455. The van der Waals surface area contributed by atoms with Crippen LogP contribution in [0.5, 0.6) is 5.75 Å². The predicted molar refractivity (Wildman–Crippen MR) is 56.6 cm³/mol. The molecule has 0 saturated carbocycles. The van der Waals surface area contributed by atoms with Crippen molar-refractivity contribution in [3.05, 3.63) is 29.8 Å². The minimum Gasteiger partial charge on any atom is -0.497 e. The quantitative estimate of drug-likeness (QED) is 0.814. The summed E-state index contributed by atoms with van der Waals surface area (Å²) in [5, 5.41) is 0. The second-order valence-corrected chi connectivity index (χ2v) is 3.52. The van der Waals surface area contributed by atoms with E-state index in [4.69, 9.17) is 4.74 Å². The lowest BCUT2D eigenvalue weighted by Gasteiger charge is -2.15. The van der Waals surface area contributed by atoms with Gasteiger partial charge in [-0.25, -0.2) is 0 Å². The van der Waals surface area contributed by atoms with E-state index in [1.807, 2.05) is 0 Å².